The lowest BCUT2D eigenvalue weighted by Crippen LogP contribution is -2.33. The fourth-order valence-electron chi connectivity index (χ4n) is 2.00. The third-order valence-electron chi connectivity index (χ3n) is 3.08. The highest BCUT2D eigenvalue weighted by molar-refractivity contribution is 5.67. The molecule has 0 saturated heterocycles. The van der Waals surface area contributed by atoms with Gasteiger partial charge in [-0.15, -0.1) is 0 Å². The molecule has 1 atom stereocenters. The maximum Gasteiger partial charge on any atom is 0.407 e. The molecule has 7 heteroatoms. The van der Waals surface area contributed by atoms with Crippen LogP contribution in [0.4, 0.5) is 4.79 Å². The molecule has 1 unspecified atom stereocenters. The summed E-state index contributed by atoms with van der Waals surface area (Å²) in [7, 11) is 0. The Bertz CT molecular complexity index is 649. The number of aliphatic hydroxyl groups is 1. The average molecular weight is 333 g/mol. The third-order valence-corrected chi connectivity index (χ3v) is 3.08. The Morgan fingerprint density at radius 2 is 2.04 bits per heavy atom. The molecule has 1 heterocycles. The summed E-state index contributed by atoms with van der Waals surface area (Å²) in [5.74, 6) is 0.614. The number of benzene rings is 1. The van der Waals surface area contributed by atoms with Gasteiger partial charge in [0.15, 0.2) is 0 Å². The third kappa shape index (κ3) is 5.66. The predicted octanol–water partition coefficient (Wildman–Crippen LogP) is 3.07. The molecule has 0 bridgehead atoms. The van der Waals surface area contributed by atoms with E-state index in [-0.39, 0.29) is 5.89 Å². The average Bonchev–Trinajstić information content (AvgIpc) is 3.00. The Balaban J connectivity index is 1.76. The van der Waals surface area contributed by atoms with E-state index < -0.39 is 17.8 Å². The van der Waals surface area contributed by atoms with Crippen molar-refractivity contribution < 1.29 is 19.2 Å². The van der Waals surface area contributed by atoms with Crippen molar-refractivity contribution in [3.63, 3.8) is 0 Å². The lowest BCUT2D eigenvalue weighted by atomic mass is 10.2. The van der Waals surface area contributed by atoms with Gasteiger partial charge in [-0.2, -0.15) is 4.98 Å². The van der Waals surface area contributed by atoms with Crippen LogP contribution in [0.15, 0.2) is 34.9 Å². The molecule has 1 amide bonds. The fourth-order valence-corrected chi connectivity index (χ4v) is 2.00. The van der Waals surface area contributed by atoms with Crippen LogP contribution < -0.4 is 5.32 Å². The number of nitrogens with one attached hydrogen (secondary N) is 1. The van der Waals surface area contributed by atoms with Gasteiger partial charge in [0, 0.05) is 12.1 Å². The van der Waals surface area contributed by atoms with Crippen molar-refractivity contribution in [2.45, 2.75) is 45.3 Å². The molecule has 130 valence electrons. The van der Waals surface area contributed by atoms with Crippen LogP contribution in [-0.2, 0) is 4.74 Å². The molecule has 2 aromatic rings. The van der Waals surface area contributed by atoms with Gasteiger partial charge in [-0.1, -0.05) is 35.5 Å². The molecule has 1 aromatic heterocycles. The number of carbonyl (C=O) groups is 1. The van der Waals surface area contributed by atoms with E-state index in [4.69, 9.17) is 9.26 Å². The van der Waals surface area contributed by atoms with Gasteiger partial charge in [-0.3, -0.25) is 0 Å². The van der Waals surface area contributed by atoms with E-state index in [0.717, 1.165) is 5.56 Å². The number of alkyl carbamates (subject to hydrolysis) is 1. The Morgan fingerprint density at radius 1 is 1.33 bits per heavy atom. The molecular weight excluding hydrogens is 310 g/mol. The number of hydrogen-bond acceptors (Lipinski definition) is 6. The van der Waals surface area contributed by atoms with Gasteiger partial charge in [-0.05, 0) is 33.6 Å². The smallest absolute Gasteiger partial charge is 0.407 e. The molecule has 0 aliphatic rings. The Labute approximate surface area is 141 Å². The van der Waals surface area contributed by atoms with Crippen molar-refractivity contribution in [3.8, 4) is 11.4 Å². The van der Waals surface area contributed by atoms with Gasteiger partial charge in [0.05, 0.1) is 0 Å². The second-order valence-corrected chi connectivity index (χ2v) is 6.41. The summed E-state index contributed by atoms with van der Waals surface area (Å²) in [6.07, 6.45) is -0.382. The molecule has 2 rings (SSSR count). The van der Waals surface area contributed by atoms with Crippen molar-refractivity contribution in [3.05, 3.63) is 36.2 Å². The minimum Gasteiger partial charge on any atom is -0.444 e. The topological polar surface area (TPSA) is 97.5 Å². The first-order chi connectivity index (χ1) is 11.3. The molecular formula is C17H23N3O4. The summed E-state index contributed by atoms with van der Waals surface area (Å²) >= 11 is 0. The van der Waals surface area contributed by atoms with Crippen LogP contribution in [0.25, 0.3) is 11.4 Å². The van der Waals surface area contributed by atoms with E-state index in [9.17, 15) is 9.90 Å². The Hall–Kier alpha value is -2.41. The first-order valence-corrected chi connectivity index (χ1v) is 7.89. The number of hydrogen-bond donors (Lipinski definition) is 2. The van der Waals surface area contributed by atoms with Gasteiger partial charge < -0.3 is 19.7 Å². The second kappa shape index (κ2) is 7.92. The molecule has 0 aliphatic carbocycles. The second-order valence-electron chi connectivity index (χ2n) is 6.41. The zero-order valence-corrected chi connectivity index (χ0v) is 14.2. The monoisotopic (exact) mass is 333 g/mol. The number of aliphatic hydroxyl groups excluding tert-OH is 1. The highest BCUT2D eigenvalue weighted by atomic mass is 16.6. The van der Waals surface area contributed by atoms with Crippen LogP contribution in [0.2, 0.25) is 0 Å². The lowest BCUT2D eigenvalue weighted by Gasteiger charge is -2.19. The maximum atomic E-state index is 11.5. The predicted molar refractivity (Wildman–Crippen MR) is 88.2 cm³/mol. The van der Waals surface area contributed by atoms with Crippen molar-refractivity contribution in [2.24, 2.45) is 0 Å². The summed E-state index contributed by atoms with van der Waals surface area (Å²) < 4.78 is 10.2. The van der Waals surface area contributed by atoms with Crippen molar-refractivity contribution >= 4 is 6.09 Å². The first kappa shape index (κ1) is 17.9. The van der Waals surface area contributed by atoms with E-state index in [0.29, 0.717) is 25.2 Å². The summed E-state index contributed by atoms with van der Waals surface area (Å²) in [4.78, 5) is 15.7. The van der Waals surface area contributed by atoms with Gasteiger partial charge in [0.1, 0.15) is 11.7 Å². The number of carbonyl (C=O) groups excluding carboxylic acids is 1. The van der Waals surface area contributed by atoms with Gasteiger partial charge in [0.25, 0.3) is 5.89 Å². The summed E-state index contributed by atoms with van der Waals surface area (Å²) in [6.45, 7) is 5.80. The SMILES string of the molecule is CC(C)(C)OC(=O)NCCCC(O)c1nc(-c2ccccc2)no1. The van der Waals surface area contributed by atoms with Crippen molar-refractivity contribution in [1.82, 2.24) is 15.5 Å². The van der Waals surface area contributed by atoms with Crippen LogP contribution >= 0.6 is 0 Å². The minimum absolute atomic E-state index is 0.172. The van der Waals surface area contributed by atoms with Gasteiger partial charge in [-0.25, -0.2) is 4.79 Å². The lowest BCUT2D eigenvalue weighted by molar-refractivity contribution is 0.0522. The summed E-state index contributed by atoms with van der Waals surface area (Å²) in [6, 6.07) is 9.39. The molecule has 2 N–H and O–H groups in total. The van der Waals surface area contributed by atoms with E-state index >= 15 is 0 Å². The largest absolute Gasteiger partial charge is 0.444 e. The number of amides is 1. The molecule has 0 saturated carbocycles. The maximum absolute atomic E-state index is 11.5. The summed E-state index contributed by atoms with van der Waals surface area (Å²) in [5, 5.41) is 16.6. The highest BCUT2D eigenvalue weighted by Gasteiger charge is 2.18. The molecule has 0 spiro atoms. The zero-order chi connectivity index (χ0) is 17.6. The van der Waals surface area contributed by atoms with Crippen LogP contribution in [0.3, 0.4) is 0 Å². The Kier molecular flexibility index (Phi) is 5.92. The number of nitrogens with zero attached hydrogens (tertiary/aromatic N) is 2. The minimum atomic E-state index is -0.865. The van der Waals surface area contributed by atoms with E-state index in [1.54, 1.807) is 20.8 Å². The number of aromatic nitrogens is 2. The molecule has 0 aliphatic heterocycles. The standard InChI is InChI=1S/C17H23N3O4/c1-17(2,3)23-16(22)18-11-7-10-13(21)15-19-14(20-24-15)12-8-5-4-6-9-12/h4-6,8-9,13,21H,7,10-11H2,1-3H3,(H,18,22). The van der Waals surface area contributed by atoms with Gasteiger partial charge >= 0.3 is 6.09 Å². The molecule has 7 nitrogen and oxygen atoms in total. The first-order valence-electron chi connectivity index (χ1n) is 7.89. The molecule has 0 radical (unpaired) electrons. The summed E-state index contributed by atoms with van der Waals surface area (Å²) in [5.41, 5.74) is 0.299. The van der Waals surface area contributed by atoms with Crippen LogP contribution in [0.1, 0.15) is 45.6 Å². The van der Waals surface area contributed by atoms with Crippen molar-refractivity contribution in [1.29, 1.82) is 0 Å². The van der Waals surface area contributed by atoms with E-state index in [2.05, 4.69) is 15.5 Å². The van der Waals surface area contributed by atoms with Crippen LogP contribution in [0, 0.1) is 0 Å². The molecule has 1 aromatic carbocycles. The Morgan fingerprint density at radius 3 is 2.71 bits per heavy atom. The normalized spacial score (nSPS) is 12.7. The number of rotatable bonds is 6. The molecule has 24 heavy (non-hydrogen) atoms. The van der Waals surface area contributed by atoms with Crippen LogP contribution in [0.5, 0.6) is 0 Å². The van der Waals surface area contributed by atoms with E-state index in [1.807, 2.05) is 30.3 Å². The van der Waals surface area contributed by atoms with Crippen molar-refractivity contribution in [2.75, 3.05) is 6.54 Å². The van der Waals surface area contributed by atoms with E-state index in [1.165, 1.54) is 0 Å². The fraction of sp³-hybridized carbons (Fsp3) is 0.471. The number of ether oxygens (including phenoxy) is 1. The zero-order valence-electron chi connectivity index (χ0n) is 14.2. The van der Waals surface area contributed by atoms with Crippen LogP contribution in [-0.4, -0.2) is 33.5 Å². The quantitative estimate of drug-likeness (QED) is 0.789. The van der Waals surface area contributed by atoms with Gasteiger partial charge in [0.2, 0.25) is 5.82 Å². The molecule has 0 fully saturated rings. The highest BCUT2D eigenvalue weighted by Crippen LogP contribution is 2.20.